The summed E-state index contributed by atoms with van der Waals surface area (Å²) in [5, 5.41) is 3.36. The number of aryl methyl sites for hydroxylation is 1. The largest absolute Gasteiger partial charge is 0.309 e. The molecule has 2 atom stereocenters. The van der Waals surface area contributed by atoms with E-state index in [2.05, 4.69) is 43.4 Å². The molecule has 2 unspecified atom stereocenters. The first kappa shape index (κ1) is 12.4. The Labute approximate surface area is 94.5 Å². The Bertz CT molecular complexity index is 321. The van der Waals surface area contributed by atoms with Crippen LogP contribution in [0.25, 0.3) is 0 Å². The number of nitrogens with one attached hydrogen (secondary N) is 1. The zero-order valence-electron chi connectivity index (χ0n) is 9.62. The van der Waals surface area contributed by atoms with E-state index in [9.17, 15) is 4.21 Å². The Morgan fingerprint density at radius 1 is 1.33 bits per heavy atom. The minimum Gasteiger partial charge on any atom is -0.309 e. The molecule has 0 aliphatic rings. The lowest BCUT2D eigenvalue weighted by Gasteiger charge is -2.13. The van der Waals surface area contributed by atoms with Gasteiger partial charge in [0.25, 0.3) is 0 Å². The van der Waals surface area contributed by atoms with Crippen molar-refractivity contribution in [1.29, 1.82) is 0 Å². The summed E-state index contributed by atoms with van der Waals surface area (Å²) in [4.78, 5) is 0. The van der Waals surface area contributed by atoms with Crippen molar-refractivity contribution < 1.29 is 4.21 Å². The van der Waals surface area contributed by atoms with E-state index in [1.54, 1.807) is 6.26 Å². The van der Waals surface area contributed by atoms with Crippen LogP contribution in [-0.4, -0.2) is 22.8 Å². The molecule has 1 N–H and O–H groups in total. The molecule has 0 amide bonds. The van der Waals surface area contributed by atoms with Crippen LogP contribution in [0.3, 0.4) is 0 Å². The monoisotopic (exact) mass is 225 g/mol. The van der Waals surface area contributed by atoms with Gasteiger partial charge in [0.2, 0.25) is 0 Å². The number of rotatable bonds is 5. The SMILES string of the molecule is Cc1ccc(C(C)NCCS(C)=O)cc1. The molecule has 0 saturated carbocycles. The summed E-state index contributed by atoms with van der Waals surface area (Å²) in [6.45, 7) is 5.02. The number of hydrogen-bond acceptors (Lipinski definition) is 2. The van der Waals surface area contributed by atoms with Crippen LogP contribution < -0.4 is 5.32 Å². The normalized spacial score (nSPS) is 14.9. The van der Waals surface area contributed by atoms with E-state index in [0.29, 0.717) is 6.04 Å². The molecule has 0 aromatic heterocycles. The maximum Gasteiger partial charge on any atom is 0.0357 e. The number of hydrogen-bond donors (Lipinski definition) is 1. The Hall–Kier alpha value is -0.670. The first-order chi connectivity index (χ1) is 7.09. The van der Waals surface area contributed by atoms with Crippen molar-refractivity contribution in [1.82, 2.24) is 5.32 Å². The first-order valence-corrected chi connectivity index (χ1v) is 6.92. The van der Waals surface area contributed by atoms with Gasteiger partial charge in [-0.15, -0.1) is 0 Å². The molecule has 0 saturated heterocycles. The lowest BCUT2D eigenvalue weighted by atomic mass is 10.1. The molecule has 0 radical (unpaired) electrons. The molecule has 3 heteroatoms. The van der Waals surface area contributed by atoms with Gasteiger partial charge in [-0.2, -0.15) is 0 Å². The summed E-state index contributed by atoms with van der Waals surface area (Å²) in [5.41, 5.74) is 2.56. The lowest BCUT2D eigenvalue weighted by Crippen LogP contribution is -2.23. The molecule has 0 aliphatic heterocycles. The van der Waals surface area contributed by atoms with Crippen LogP contribution in [0.1, 0.15) is 24.1 Å². The highest BCUT2D eigenvalue weighted by molar-refractivity contribution is 7.84. The second kappa shape index (κ2) is 6.03. The van der Waals surface area contributed by atoms with Crippen molar-refractivity contribution >= 4 is 10.8 Å². The van der Waals surface area contributed by atoms with Crippen LogP contribution in [-0.2, 0) is 10.8 Å². The summed E-state index contributed by atoms with van der Waals surface area (Å²) >= 11 is 0. The first-order valence-electron chi connectivity index (χ1n) is 5.19. The van der Waals surface area contributed by atoms with Gasteiger partial charge in [-0.3, -0.25) is 4.21 Å². The maximum atomic E-state index is 10.9. The van der Waals surface area contributed by atoms with Gasteiger partial charge < -0.3 is 5.32 Å². The second-order valence-electron chi connectivity index (χ2n) is 3.86. The van der Waals surface area contributed by atoms with Gasteiger partial charge in [-0.25, -0.2) is 0 Å². The zero-order chi connectivity index (χ0) is 11.3. The molecule has 15 heavy (non-hydrogen) atoms. The zero-order valence-corrected chi connectivity index (χ0v) is 10.4. The lowest BCUT2D eigenvalue weighted by molar-refractivity contribution is 0.597. The molecule has 0 bridgehead atoms. The van der Waals surface area contributed by atoms with Crippen molar-refractivity contribution in [3.63, 3.8) is 0 Å². The Morgan fingerprint density at radius 3 is 2.47 bits per heavy atom. The van der Waals surface area contributed by atoms with Gasteiger partial charge in [0.05, 0.1) is 0 Å². The molecule has 0 fully saturated rings. The van der Waals surface area contributed by atoms with Crippen LogP contribution in [0.4, 0.5) is 0 Å². The molecular weight excluding hydrogens is 206 g/mol. The van der Waals surface area contributed by atoms with Gasteiger partial charge in [-0.05, 0) is 19.4 Å². The third-order valence-corrected chi connectivity index (χ3v) is 3.20. The molecule has 0 heterocycles. The highest BCUT2D eigenvalue weighted by Crippen LogP contribution is 2.12. The average molecular weight is 225 g/mol. The van der Waals surface area contributed by atoms with E-state index in [-0.39, 0.29) is 0 Å². The fraction of sp³-hybridized carbons (Fsp3) is 0.500. The van der Waals surface area contributed by atoms with E-state index in [0.717, 1.165) is 12.3 Å². The van der Waals surface area contributed by atoms with Crippen LogP contribution in [0.2, 0.25) is 0 Å². The van der Waals surface area contributed by atoms with E-state index in [1.165, 1.54) is 11.1 Å². The Morgan fingerprint density at radius 2 is 1.93 bits per heavy atom. The standard InChI is InChI=1S/C12H19NOS/c1-10-4-6-12(7-5-10)11(2)13-8-9-15(3)14/h4-7,11,13H,8-9H2,1-3H3. The van der Waals surface area contributed by atoms with Crippen molar-refractivity contribution in [2.24, 2.45) is 0 Å². The highest BCUT2D eigenvalue weighted by atomic mass is 32.2. The van der Waals surface area contributed by atoms with E-state index in [1.807, 2.05) is 0 Å². The Kier molecular flexibility index (Phi) is 4.99. The minimum atomic E-state index is -0.705. The summed E-state index contributed by atoms with van der Waals surface area (Å²) < 4.78 is 10.9. The molecule has 2 nitrogen and oxygen atoms in total. The molecule has 1 aromatic rings. The molecule has 0 spiro atoms. The number of benzene rings is 1. The van der Waals surface area contributed by atoms with Crippen molar-refractivity contribution in [2.75, 3.05) is 18.6 Å². The van der Waals surface area contributed by atoms with Gasteiger partial charge in [0.15, 0.2) is 0 Å². The fourth-order valence-corrected chi connectivity index (χ4v) is 1.80. The van der Waals surface area contributed by atoms with E-state index < -0.39 is 10.8 Å². The van der Waals surface area contributed by atoms with Crippen LogP contribution in [0, 0.1) is 6.92 Å². The summed E-state index contributed by atoms with van der Waals surface area (Å²) in [7, 11) is -0.705. The predicted octanol–water partition coefficient (Wildman–Crippen LogP) is 2.02. The maximum absolute atomic E-state index is 10.9. The van der Waals surface area contributed by atoms with Crippen molar-refractivity contribution in [2.45, 2.75) is 19.9 Å². The van der Waals surface area contributed by atoms with Gasteiger partial charge >= 0.3 is 0 Å². The molecule has 1 rings (SSSR count). The molecule has 84 valence electrons. The third-order valence-electron chi connectivity index (χ3n) is 2.42. The van der Waals surface area contributed by atoms with Crippen molar-refractivity contribution in [3.8, 4) is 0 Å². The van der Waals surface area contributed by atoms with Crippen LogP contribution in [0.15, 0.2) is 24.3 Å². The summed E-state index contributed by atoms with van der Waals surface area (Å²) in [6.07, 6.45) is 1.73. The summed E-state index contributed by atoms with van der Waals surface area (Å²) in [5.74, 6) is 0.718. The van der Waals surface area contributed by atoms with Crippen molar-refractivity contribution in [3.05, 3.63) is 35.4 Å². The molecule has 0 aliphatic carbocycles. The quantitative estimate of drug-likeness (QED) is 0.830. The van der Waals surface area contributed by atoms with E-state index >= 15 is 0 Å². The molecular formula is C12H19NOS. The highest BCUT2D eigenvalue weighted by Gasteiger charge is 2.03. The van der Waals surface area contributed by atoms with Crippen LogP contribution in [0.5, 0.6) is 0 Å². The second-order valence-corrected chi connectivity index (χ2v) is 5.42. The van der Waals surface area contributed by atoms with Gasteiger partial charge in [-0.1, -0.05) is 29.8 Å². The average Bonchev–Trinajstić information content (AvgIpc) is 2.18. The summed E-state index contributed by atoms with van der Waals surface area (Å²) in [6, 6.07) is 8.83. The third kappa shape index (κ3) is 4.58. The fourth-order valence-electron chi connectivity index (χ4n) is 1.39. The van der Waals surface area contributed by atoms with Gasteiger partial charge in [0.1, 0.15) is 0 Å². The Balaban J connectivity index is 2.43. The topological polar surface area (TPSA) is 29.1 Å². The molecule has 1 aromatic carbocycles. The van der Waals surface area contributed by atoms with E-state index in [4.69, 9.17) is 0 Å². The van der Waals surface area contributed by atoms with Gasteiger partial charge in [0, 0.05) is 35.4 Å². The smallest absolute Gasteiger partial charge is 0.0357 e. The minimum absolute atomic E-state index is 0.328. The predicted molar refractivity (Wildman–Crippen MR) is 66.5 cm³/mol. The van der Waals surface area contributed by atoms with Crippen LogP contribution >= 0.6 is 0 Å².